The zero-order valence-electron chi connectivity index (χ0n) is 13.7. The molecule has 2 heterocycles. The molecule has 0 radical (unpaired) electrons. The Morgan fingerprint density at radius 1 is 1.24 bits per heavy atom. The maximum atomic E-state index is 6.27. The van der Waals surface area contributed by atoms with Gasteiger partial charge in [0.05, 0.1) is 0 Å². The van der Waals surface area contributed by atoms with Crippen LogP contribution in [0.4, 0.5) is 5.82 Å². The molecular formula is C16H26ClN3O. The van der Waals surface area contributed by atoms with Gasteiger partial charge < -0.3 is 10.1 Å². The van der Waals surface area contributed by atoms with Crippen molar-refractivity contribution in [2.75, 3.05) is 25.1 Å². The molecule has 5 heteroatoms. The molecular weight excluding hydrogens is 286 g/mol. The van der Waals surface area contributed by atoms with E-state index in [0.29, 0.717) is 5.15 Å². The maximum Gasteiger partial charge on any atom is 0.137 e. The summed E-state index contributed by atoms with van der Waals surface area (Å²) in [5, 5.41) is 4.02. The van der Waals surface area contributed by atoms with Crippen LogP contribution in [0.5, 0.6) is 0 Å². The summed E-state index contributed by atoms with van der Waals surface area (Å²) in [6.45, 7) is 13.1. The van der Waals surface area contributed by atoms with Gasteiger partial charge in [-0.1, -0.05) is 39.3 Å². The van der Waals surface area contributed by atoms with Crippen LogP contribution < -0.4 is 5.32 Å². The first kappa shape index (κ1) is 16.5. The van der Waals surface area contributed by atoms with Crippen molar-refractivity contribution in [1.29, 1.82) is 0 Å². The Kier molecular flexibility index (Phi) is 4.79. The lowest BCUT2D eigenvalue weighted by atomic mass is 9.82. The van der Waals surface area contributed by atoms with Crippen LogP contribution in [0.3, 0.4) is 0 Å². The quantitative estimate of drug-likeness (QED) is 0.858. The van der Waals surface area contributed by atoms with Gasteiger partial charge in [0.25, 0.3) is 0 Å². The molecule has 0 bridgehead atoms. The van der Waals surface area contributed by atoms with E-state index in [4.69, 9.17) is 16.3 Å². The van der Waals surface area contributed by atoms with E-state index in [2.05, 4.69) is 43.0 Å². The van der Waals surface area contributed by atoms with E-state index < -0.39 is 0 Å². The van der Waals surface area contributed by atoms with Gasteiger partial charge in [-0.15, -0.1) is 0 Å². The fraction of sp³-hybridized carbons (Fsp3) is 0.750. The van der Waals surface area contributed by atoms with Crippen molar-refractivity contribution in [3.63, 3.8) is 0 Å². The SMILES string of the molecule is Cc1c(Cl)nc(C(C)(C)C)nc1NCC1(C)CCOCC1. The lowest BCUT2D eigenvalue weighted by molar-refractivity contribution is 0.0299. The Balaban J connectivity index is 2.17. The number of rotatable bonds is 3. The van der Waals surface area contributed by atoms with Gasteiger partial charge in [-0.05, 0) is 25.2 Å². The number of nitrogens with zero attached hydrogens (tertiary/aromatic N) is 2. The number of halogens is 1. The van der Waals surface area contributed by atoms with Crippen molar-refractivity contribution in [3.8, 4) is 0 Å². The molecule has 0 spiro atoms. The largest absolute Gasteiger partial charge is 0.381 e. The average Bonchev–Trinajstić information content (AvgIpc) is 2.40. The van der Waals surface area contributed by atoms with Crippen molar-refractivity contribution < 1.29 is 4.74 Å². The Hall–Kier alpha value is -0.870. The Morgan fingerprint density at radius 2 is 1.86 bits per heavy atom. The molecule has 0 aromatic carbocycles. The van der Waals surface area contributed by atoms with Gasteiger partial charge in [-0.2, -0.15) is 0 Å². The van der Waals surface area contributed by atoms with Crippen molar-refractivity contribution in [1.82, 2.24) is 9.97 Å². The number of hydrogen-bond donors (Lipinski definition) is 1. The van der Waals surface area contributed by atoms with Crippen LogP contribution in [-0.4, -0.2) is 29.7 Å². The average molecular weight is 312 g/mol. The fourth-order valence-corrected chi connectivity index (χ4v) is 2.50. The van der Waals surface area contributed by atoms with Crippen LogP contribution in [0.15, 0.2) is 0 Å². The van der Waals surface area contributed by atoms with Gasteiger partial charge in [0.15, 0.2) is 0 Å². The number of hydrogen-bond acceptors (Lipinski definition) is 4. The van der Waals surface area contributed by atoms with Gasteiger partial charge in [0, 0.05) is 30.7 Å². The van der Waals surface area contributed by atoms with E-state index in [0.717, 1.165) is 49.8 Å². The normalized spacial score (nSPS) is 18.6. The molecule has 0 aliphatic carbocycles. The molecule has 1 fully saturated rings. The predicted molar refractivity (Wildman–Crippen MR) is 87.1 cm³/mol. The van der Waals surface area contributed by atoms with E-state index in [1.165, 1.54) is 0 Å². The molecule has 118 valence electrons. The molecule has 1 saturated heterocycles. The topological polar surface area (TPSA) is 47.0 Å². The molecule has 21 heavy (non-hydrogen) atoms. The minimum atomic E-state index is -0.115. The molecule has 0 saturated carbocycles. The first-order valence-electron chi connectivity index (χ1n) is 7.57. The molecule has 1 aromatic heterocycles. The van der Waals surface area contributed by atoms with Crippen LogP contribution >= 0.6 is 11.6 Å². The van der Waals surface area contributed by atoms with Gasteiger partial charge in [0.1, 0.15) is 16.8 Å². The van der Waals surface area contributed by atoms with E-state index >= 15 is 0 Å². The van der Waals surface area contributed by atoms with Crippen LogP contribution in [-0.2, 0) is 10.2 Å². The molecule has 0 amide bonds. The van der Waals surface area contributed by atoms with Crippen molar-refractivity contribution in [3.05, 3.63) is 16.5 Å². The smallest absolute Gasteiger partial charge is 0.137 e. The molecule has 2 rings (SSSR count). The Labute approximate surface area is 132 Å². The van der Waals surface area contributed by atoms with Gasteiger partial charge in [0.2, 0.25) is 0 Å². The standard InChI is InChI=1S/C16H26ClN3O/c1-11-12(17)19-14(15(2,3)4)20-13(11)18-10-16(5)6-8-21-9-7-16/h6-10H2,1-5H3,(H,18,19,20). The number of aromatic nitrogens is 2. The summed E-state index contributed by atoms with van der Waals surface area (Å²) in [7, 11) is 0. The second-order valence-electron chi connectivity index (χ2n) is 7.34. The summed E-state index contributed by atoms with van der Waals surface area (Å²) in [6.07, 6.45) is 2.15. The highest BCUT2D eigenvalue weighted by molar-refractivity contribution is 6.30. The second kappa shape index (κ2) is 6.09. The zero-order valence-corrected chi connectivity index (χ0v) is 14.5. The van der Waals surface area contributed by atoms with Crippen molar-refractivity contribution >= 4 is 17.4 Å². The van der Waals surface area contributed by atoms with E-state index in [1.807, 2.05) is 6.92 Å². The summed E-state index contributed by atoms with van der Waals surface area (Å²) in [5.41, 5.74) is 1.06. The predicted octanol–water partition coefficient (Wildman–Crippen LogP) is 3.96. The summed E-state index contributed by atoms with van der Waals surface area (Å²) in [4.78, 5) is 9.09. The van der Waals surface area contributed by atoms with E-state index in [1.54, 1.807) is 0 Å². The van der Waals surface area contributed by atoms with Crippen LogP contribution in [0.1, 0.15) is 51.9 Å². The third kappa shape index (κ3) is 4.07. The molecule has 4 nitrogen and oxygen atoms in total. The molecule has 0 unspecified atom stereocenters. The summed E-state index contributed by atoms with van der Waals surface area (Å²) >= 11 is 6.27. The second-order valence-corrected chi connectivity index (χ2v) is 7.70. The summed E-state index contributed by atoms with van der Waals surface area (Å²) in [6, 6.07) is 0. The lowest BCUT2D eigenvalue weighted by Gasteiger charge is -2.34. The number of anilines is 1. The minimum Gasteiger partial charge on any atom is -0.381 e. The maximum absolute atomic E-state index is 6.27. The first-order chi connectivity index (χ1) is 9.71. The highest BCUT2D eigenvalue weighted by Gasteiger charge is 2.28. The highest BCUT2D eigenvalue weighted by Crippen LogP contribution is 2.31. The highest BCUT2D eigenvalue weighted by atomic mass is 35.5. The van der Waals surface area contributed by atoms with Gasteiger partial charge in [-0.25, -0.2) is 9.97 Å². The van der Waals surface area contributed by atoms with E-state index in [9.17, 15) is 0 Å². The van der Waals surface area contributed by atoms with Gasteiger partial charge >= 0.3 is 0 Å². The summed E-state index contributed by atoms with van der Waals surface area (Å²) in [5.74, 6) is 1.63. The van der Waals surface area contributed by atoms with Crippen LogP contribution in [0.25, 0.3) is 0 Å². The zero-order chi connectivity index (χ0) is 15.7. The molecule has 1 aliphatic heterocycles. The van der Waals surface area contributed by atoms with Crippen LogP contribution in [0, 0.1) is 12.3 Å². The van der Waals surface area contributed by atoms with Gasteiger partial charge in [-0.3, -0.25) is 0 Å². The monoisotopic (exact) mass is 311 g/mol. The molecule has 1 aliphatic rings. The Morgan fingerprint density at radius 3 is 2.43 bits per heavy atom. The number of ether oxygens (including phenoxy) is 1. The molecule has 0 atom stereocenters. The molecule has 1 aromatic rings. The number of nitrogens with one attached hydrogen (secondary N) is 1. The summed E-state index contributed by atoms with van der Waals surface area (Å²) < 4.78 is 5.45. The first-order valence-corrected chi connectivity index (χ1v) is 7.95. The third-order valence-electron chi connectivity index (χ3n) is 4.14. The fourth-order valence-electron chi connectivity index (χ4n) is 2.33. The van der Waals surface area contributed by atoms with E-state index in [-0.39, 0.29) is 10.8 Å². The minimum absolute atomic E-state index is 0.115. The molecule has 1 N–H and O–H groups in total. The Bertz CT molecular complexity index is 505. The third-order valence-corrected chi connectivity index (χ3v) is 4.51. The van der Waals surface area contributed by atoms with Crippen molar-refractivity contribution in [2.24, 2.45) is 5.41 Å². The van der Waals surface area contributed by atoms with Crippen molar-refractivity contribution in [2.45, 2.75) is 52.9 Å². The van der Waals surface area contributed by atoms with Crippen LogP contribution in [0.2, 0.25) is 5.15 Å². The lowest BCUT2D eigenvalue weighted by Crippen LogP contribution is -2.33.